The predicted molar refractivity (Wildman–Crippen MR) is 236 cm³/mol. The number of halogens is 2. The first-order valence-electron chi connectivity index (χ1n) is 21.3. The van der Waals surface area contributed by atoms with Crippen molar-refractivity contribution in [3.63, 3.8) is 0 Å². The average molecular weight is 934 g/mol. The highest BCUT2D eigenvalue weighted by molar-refractivity contribution is 8.13. The van der Waals surface area contributed by atoms with Crippen LogP contribution in [0.5, 0.6) is 0 Å². The van der Waals surface area contributed by atoms with Crippen molar-refractivity contribution in [1.82, 2.24) is 25.1 Å². The second-order valence-corrected chi connectivity index (χ2v) is 23.0. The third-order valence-electron chi connectivity index (χ3n) is 11.9. The van der Waals surface area contributed by atoms with Gasteiger partial charge in [0, 0.05) is 72.1 Å². The fraction of sp³-hybridized carbons (Fsp3) is 0.605. The van der Waals surface area contributed by atoms with E-state index in [4.69, 9.17) is 9.05 Å². The summed E-state index contributed by atoms with van der Waals surface area (Å²) >= 11 is 2.89. The lowest BCUT2D eigenvalue weighted by atomic mass is 9.92. The molecule has 336 valence electrons. The van der Waals surface area contributed by atoms with Gasteiger partial charge in [0.15, 0.2) is 10.2 Å². The average Bonchev–Trinajstić information content (AvgIpc) is 3.55. The SMILES string of the molecule is CC(C)CC(=O)SCCOP(=O)(OCCSC(=O)CC(C)C)C(F)(F)c1ccc2sc(C(=O)N[C@H]3C[C@H]4C[C@H]4C[C@H]4CC[C@@H](C(=O)N5CC(c6cncnc6)C5)N4C3=O)cc2c1. The van der Waals surface area contributed by atoms with Gasteiger partial charge in [-0.25, -0.2) is 9.97 Å². The Morgan fingerprint density at radius 1 is 0.919 bits per heavy atom. The largest absolute Gasteiger partial charge is 0.404 e. The van der Waals surface area contributed by atoms with Crippen LogP contribution in [0.4, 0.5) is 8.78 Å². The van der Waals surface area contributed by atoms with E-state index in [-0.39, 0.29) is 68.1 Å². The van der Waals surface area contributed by atoms with Crippen LogP contribution in [0.25, 0.3) is 10.1 Å². The van der Waals surface area contributed by atoms with Gasteiger partial charge >= 0.3 is 13.3 Å². The van der Waals surface area contributed by atoms with E-state index in [0.29, 0.717) is 54.8 Å². The maximum Gasteiger partial charge on any atom is 0.404 e. The smallest absolute Gasteiger partial charge is 0.340 e. The molecule has 5 atom stereocenters. The molecule has 62 heavy (non-hydrogen) atoms. The van der Waals surface area contributed by atoms with Crippen LogP contribution in [-0.2, 0) is 38.5 Å². The Morgan fingerprint density at radius 3 is 2.18 bits per heavy atom. The van der Waals surface area contributed by atoms with Gasteiger partial charge in [0.25, 0.3) is 5.91 Å². The molecule has 1 aliphatic carbocycles. The molecule has 3 amide bonds. The number of nitrogens with one attached hydrogen (secondary N) is 1. The lowest BCUT2D eigenvalue weighted by Gasteiger charge is -2.43. The topological polar surface area (TPSA) is 165 Å². The van der Waals surface area contributed by atoms with E-state index in [9.17, 15) is 28.5 Å². The summed E-state index contributed by atoms with van der Waals surface area (Å²) in [4.78, 5) is 78.4. The van der Waals surface area contributed by atoms with Gasteiger partial charge in [-0.15, -0.1) is 11.3 Å². The van der Waals surface area contributed by atoms with Gasteiger partial charge in [-0.05, 0) is 84.9 Å². The number of likely N-dealkylation sites (tertiary alicyclic amines) is 1. The number of benzene rings is 1. The third-order valence-corrected chi connectivity index (χ3v) is 16.7. The van der Waals surface area contributed by atoms with E-state index in [1.807, 2.05) is 27.7 Å². The molecule has 0 unspecified atom stereocenters. The monoisotopic (exact) mass is 933 g/mol. The van der Waals surface area contributed by atoms with Gasteiger partial charge in [-0.3, -0.25) is 28.5 Å². The summed E-state index contributed by atoms with van der Waals surface area (Å²) in [5, 5.41) is 2.96. The second kappa shape index (κ2) is 19.9. The van der Waals surface area contributed by atoms with Gasteiger partial charge in [0.1, 0.15) is 18.4 Å². The Hall–Kier alpha value is -3.28. The molecule has 1 saturated carbocycles. The van der Waals surface area contributed by atoms with Crippen molar-refractivity contribution >= 4 is 80.5 Å². The molecule has 0 spiro atoms. The molecule has 19 heteroatoms. The van der Waals surface area contributed by atoms with Crippen LogP contribution in [0, 0.1) is 23.7 Å². The number of carbonyl (C=O) groups excluding carboxylic acids is 5. The number of hydrogen-bond donors (Lipinski definition) is 1. The van der Waals surface area contributed by atoms with Crippen molar-refractivity contribution in [1.29, 1.82) is 0 Å². The first-order chi connectivity index (χ1) is 29.5. The Balaban J connectivity index is 1.03. The summed E-state index contributed by atoms with van der Waals surface area (Å²) in [7, 11) is -5.23. The van der Waals surface area contributed by atoms with Crippen LogP contribution < -0.4 is 5.32 Å². The summed E-state index contributed by atoms with van der Waals surface area (Å²) in [5.41, 5.74) is -3.82. The van der Waals surface area contributed by atoms with Gasteiger partial charge in [-0.2, -0.15) is 8.78 Å². The molecule has 0 bridgehead atoms. The normalized spacial score (nSPS) is 22.9. The minimum absolute atomic E-state index is 0.0112. The van der Waals surface area contributed by atoms with E-state index in [1.54, 1.807) is 22.2 Å². The highest BCUT2D eigenvalue weighted by Crippen LogP contribution is 2.67. The molecule has 1 aromatic carbocycles. The van der Waals surface area contributed by atoms with Crippen molar-refractivity contribution < 1.29 is 46.4 Å². The molecule has 5 heterocycles. The van der Waals surface area contributed by atoms with Crippen LogP contribution in [0.2, 0.25) is 0 Å². The van der Waals surface area contributed by atoms with Gasteiger partial charge in [-0.1, -0.05) is 57.3 Å². The van der Waals surface area contributed by atoms with E-state index in [0.717, 1.165) is 71.8 Å². The molecular weight excluding hydrogens is 880 g/mol. The number of amides is 3. The molecule has 0 radical (unpaired) electrons. The molecule has 3 aliphatic heterocycles. The maximum absolute atomic E-state index is 16.4. The Morgan fingerprint density at radius 2 is 1.55 bits per heavy atom. The van der Waals surface area contributed by atoms with Crippen molar-refractivity contribution in [3.05, 3.63) is 59.0 Å². The zero-order chi connectivity index (χ0) is 44.3. The van der Waals surface area contributed by atoms with Crippen LogP contribution in [-0.4, -0.2) is 104 Å². The Labute approximate surface area is 373 Å². The number of nitrogens with zero attached hydrogens (tertiary/aromatic N) is 4. The summed E-state index contributed by atoms with van der Waals surface area (Å²) < 4.78 is 58.1. The number of carbonyl (C=O) groups is 5. The lowest BCUT2D eigenvalue weighted by molar-refractivity contribution is -0.149. The van der Waals surface area contributed by atoms with Crippen LogP contribution in [0.3, 0.4) is 0 Å². The second-order valence-electron chi connectivity index (χ2n) is 17.6. The maximum atomic E-state index is 16.4. The standard InChI is InChI=1S/C43H54F2N5O8PS3/c1-25(2)13-38(51)60-11-9-57-59(56,58-10-12-61-39(52)14-26(3)4)43(44,45)32-5-8-36-29(16-32)19-37(62-36)40(53)48-34-18-28-15-27(28)17-33-6-7-35(50(33)41(34)54)42(55)49-22-31(23-49)30-20-46-24-47-21-30/h5,8,16,19-21,24-28,31,33-35H,6-7,9-15,17-18,22-23H2,1-4H3,(H,48,53)/t27-,28+,33+,34-,35-/m0/s1. The molecule has 3 aromatic rings. The first-order valence-corrected chi connectivity index (χ1v) is 25.6. The van der Waals surface area contributed by atoms with E-state index >= 15 is 8.78 Å². The third kappa shape index (κ3) is 10.8. The number of rotatable bonds is 18. The van der Waals surface area contributed by atoms with Gasteiger partial charge < -0.3 is 24.2 Å². The Bertz CT molecular complexity index is 2160. The summed E-state index contributed by atoms with van der Waals surface area (Å²) in [6, 6.07) is 3.59. The van der Waals surface area contributed by atoms with E-state index in [2.05, 4.69) is 15.3 Å². The van der Waals surface area contributed by atoms with E-state index in [1.165, 1.54) is 18.5 Å². The highest BCUT2D eigenvalue weighted by atomic mass is 32.2. The van der Waals surface area contributed by atoms with Crippen molar-refractivity contribution in [3.8, 4) is 0 Å². The Kier molecular flexibility index (Phi) is 15.0. The quantitative estimate of drug-likeness (QED) is 0.0965. The predicted octanol–water partition coefficient (Wildman–Crippen LogP) is 8.09. The fourth-order valence-corrected chi connectivity index (χ4v) is 13.0. The number of alkyl halides is 2. The highest BCUT2D eigenvalue weighted by Gasteiger charge is 2.56. The van der Waals surface area contributed by atoms with Crippen LogP contribution in [0.15, 0.2) is 43.0 Å². The van der Waals surface area contributed by atoms with Gasteiger partial charge in [0.2, 0.25) is 11.8 Å². The molecule has 1 N–H and O–H groups in total. The van der Waals surface area contributed by atoms with Crippen molar-refractivity contribution in [2.75, 3.05) is 37.8 Å². The number of hydrogen-bond acceptors (Lipinski definition) is 13. The molecule has 2 aromatic heterocycles. The summed E-state index contributed by atoms with van der Waals surface area (Å²) in [6.07, 6.45) is 9.09. The number of fused-ring (bicyclic) bond motifs is 3. The zero-order valence-corrected chi connectivity index (χ0v) is 38.7. The van der Waals surface area contributed by atoms with Crippen molar-refractivity contribution in [2.45, 2.75) is 102 Å². The fourth-order valence-electron chi connectivity index (χ4n) is 8.57. The van der Waals surface area contributed by atoms with Crippen LogP contribution in [0.1, 0.15) is 99.4 Å². The lowest BCUT2D eigenvalue weighted by Crippen LogP contribution is -2.59. The first kappa shape index (κ1) is 46.7. The number of thioether (sulfide) groups is 2. The summed E-state index contributed by atoms with van der Waals surface area (Å²) in [6.45, 7) is 7.71. The molecule has 4 aliphatic rings. The molecular formula is C43H54F2N5O8PS3. The molecule has 7 rings (SSSR count). The molecule has 4 fully saturated rings. The minimum atomic E-state index is -5.23. The minimum Gasteiger partial charge on any atom is -0.340 e. The number of thiophene rings is 1. The van der Waals surface area contributed by atoms with Crippen molar-refractivity contribution in [2.24, 2.45) is 23.7 Å². The molecule has 3 saturated heterocycles. The molecule has 13 nitrogen and oxygen atoms in total. The summed E-state index contributed by atoms with van der Waals surface area (Å²) in [5.74, 6) is 0.152. The van der Waals surface area contributed by atoms with Crippen LogP contribution >= 0.6 is 42.5 Å². The zero-order valence-electron chi connectivity index (χ0n) is 35.3. The van der Waals surface area contributed by atoms with E-state index < -0.39 is 50.0 Å². The number of aromatic nitrogens is 2. The van der Waals surface area contributed by atoms with Gasteiger partial charge in [0.05, 0.1) is 18.1 Å².